The molecule has 0 bridgehead atoms. The first-order valence-corrected chi connectivity index (χ1v) is 6.16. The average molecular weight is 269 g/mol. The molecule has 0 amide bonds. The molecular formula is C12H13BrO2. The molecule has 1 fully saturated rings. The van der Waals surface area contributed by atoms with Gasteiger partial charge in [0.05, 0.1) is 13.2 Å². The number of fused-ring (bicyclic) bond motifs is 2. The van der Waals surface area contributed by atoms with E-state index in [1.165, 1.54) is 11.1 Å². The van der Waals surface area contributed by atoms with E-state index in [1.807, 2.05) is 0 Å². The van der Waals surface area contributed by atoms with Gasteiger partial charge in [0.25, 0.3) is 0 Å². The highest BCUT2D eigenvalue weighted by atomic mass is 79.9. The highest BCUT2D eigenvalue weighted by Gasteiger charge is 2.42. The molecule has 1 aromatic carbocycles. The van der Waals surface area contributed by atoms with Crippen LogP contribution in [0.25, 0.3) is 0 Å². The Hall–Kier alpha value is -0.380. The van der Waals surface area contributed by atoms with Gasteiger partial charge in [-0.3, -0.25) is 0 Å². The van der Waals surface area contributed by atoms with Gasteiger partial charge in [-0.1, -0.05) is 22.0 Å². The molecule has 0 unspecified atom stereocenters. The Morgan fingerprint density at radius 2 is 2.00 bits per heavy atom. The molecule has 0 atom stereocenters. The molecule has 0 aromatic heterocycles. The van der Waals surface area contributed by atoms with Crippen LogP contribution in [0.3, 0.4) is 0 Å². The van der Waals surface area contributed by atoms with Crippen LogP contribution >= 0.6 is 15.9 Å². The smallest absolute Gasteiger partial charge is 0.195 e. The van der Waals surface area contributed by atoms with Crippen molar-refractivity contribution in [1.29, 1.82) is 0 Å². The van der Waals surface area contributed by atoms with Crippen molar-refractivity contribution in [3.63, 3.8) is 0 Å². The van der Waals surface area contributed by atoms with Gasteiger partial charge in [0.2, 0.25) is 0 Å². The lowest BCUT2D eigenvalue weighted by Crippen LogP contribution is -2.35. The third kappa shape index (κ3) is 1.53. The summed E-state index contributed by atoms with van der Waals surface area (Å²) in [7, 11) is 0. The number of halogens is 1. The lowest BCUT2D eigenvalue weighted by molar-refractivity contribution is -0.274. The predicted molar refractivity (Wildman–Crippen MR) is 60.7 cm³/mol. The van der Waals surface area contributed by atoms with Crippen LogP contribution in [0.1, 0.15) is 24.0 Å². The van der Waals surface area contributed by atoms with Crippen LogP contribution in [-0.2, 0) is 21.7 Å². The fraction of sp³-hybridized carbons (Fsp3) is 0.500. The van der Waals surface area contributed by atoms with Crippen LogP contribution in [0.15, 0.2) is 22.7 Å². The summed E-state index contributed by atoms with van der Waals surface area (Å²) in [4.78, 5) is 0. The molecule has 0 N–H and O–H groups in total. The highest BCUT2D eigenvalue weighted by Crippen LogP contribution is 2.43. The Balaban J connectivity index is 2.03. The summed E-state index contributed by atoms with van der Waals surface area (Å²) in [5.74, 6) is -0.422. The zero-order valence-corrected chi connectivity index (χ0v) is 10.0. The van der Waals surface area contributed by atoms with Gasteiger partial charge < -0.3 is 9.47 Å². The fourth-order valence-electron chi connectivity index (χ4n) is 2.45. The highest BCUT2D eigenvalue weighted by molar-refractivity contribution is 9.10. The lowest BCUT2D eigenvalue weighted by atomic mass is 10.1. The van der Waals surface area contributed by atoms with E-state index >= 15 is 0 Å². The zero-order chi connectivity index (χ0) is 10.3. The molecule has 3 heteroatoms. The van der Waals surface area contributed by atoms with Crippen LogP contribution in [0.4, 0.5) is 0 Å². The number of ether oxygens (including phenoxy) is 2. The predicted octanol–water partition coefficient (Wildman–Crippen LogP) is 2.99. The third-order valence-electron chi connectivity index (χ3n) is 3.16. The first-order chi connectivity index (χ1) is 7.30. The minimum absolute atomic E-state index is 0.422. The summed E-state index contributed by atoms with van der Waals surface area (Å²) >= 11 is 3.50. The maximum absolute atomic E-state index is 5.86. The van der Waals surface area contributed by atoms with Crippen LogP contribution in [-0.4, -0.2) is 13.2 Å². The Bertz CT molecular complexity index is 383. The second-order valence-corrected chi connectivity index (χ2v) is 5.02. The van der Waals surface area contributed by atoms with E-state index in [0.29, 0.717) is 0 Å². The Kier molecular flexibility index (Phi) is 2.34. The van der Waals surface area contributed by atoms with Gasteiger partial charge in [0.15, 0.2) is 5.79 Å². The molecule has 1 spiro atoms. The van der Waals surface area contributed by atoms with Gasteiger partial charge in [0.1, 0.15) is 0 Å². The van der Waals surface area contributed by atoms with E-state index < -0.39 is 5.79 Å². The van der Waals surface area contributed by atoms with Crippen molar-refractivity contribution < 1.29 is 9.47 Å². The molecule has 1 aromatic rings. The second kappa shape index (κ2) is 3.58. The molecule has 1 aliphatic carbocycles. The van der Waals surface area contributed by atoms with Crippen molar-refractivity contribution in [3.8, 4) is 0 Å². The van der Waals surface area contributed by atoms with Gasteiger partial charge in [-0.2, -0.15) is 0 Å². The largest absolute Gasteiger partial charge is 0.346 e. The van der Waals surface area contributed by atoms with Gasteiger partial charge in [-0.15, -0.1) is 0 Å². The monoisotopic (exact) mass is 268 g/mol. The molecule has 0 saturated carbocycles. The Morgan fingerprint density at radius 1 is 1.20 bits per heavy atom. The summed E-state index contributed by atoms with van der Waals surface area (Å²) < 4.78 is 12.8. The van der Waals surface area contributed by atoms with Gasteiger partial charge in [0, 0.05) is 16.5 Å². The first kappa shape index (κ1) is 9.82. The van der Waals surface area contributed by atoms with E-state index in [1.54, 1.807) is 0 Å². The van der Waals surface area contributed by atoms with E-state index in [4.69, 9.17) is 9.47 Å². The lowest BCUT2D eigenvalue weighted by Gasteiger charge is -2.34. The Labute approximate surface area is 97.7 Å². The van der Waals surface area contributed by atoms with E-state index in [-0.39, 0.29) is 0 Å². The maximum Gasteiger partial charge on any atom is 0.195 e. The molecule has 15 heavy (non-hydrogen) atoms. The summed E-state index contributed by atoms with van der Waals surface area (Å²) in [6.45, 7) is 1.63. The maximum atomic E-state index is 5.86. The number of hydrogen-bond donors (Lipinski definition) is 0. The van der Waals surface area contributed by atoms with Crippen molar-refractivity contribution in [1.82, 2.24) is 0 Å². The Morgan fingerprint density at radius 3 is 2.80 bits per heavy atom. The molecule has 3 rings (SSSR count). The van der Waals surface area contributed by atoms with Crippen molar-refractivity contribution >= 4 is 15.9 Å². The fourth-order valence-corrected chi connectivity index (χ4v) is 2.86. The minimum atomic E-state index is -0.422. The molecule has 2 nitrogen and oxygen atoms in total. The quantitative estimate of drug-likeness (QED) is 0.720. The molecule has 2 aliphatic rings. The number of hydrogen-bond acceptors (Lipinski definition) is 2. The van der Waals surface area contributed by atoms with E-state index in [2.05, 4.69) is 34.1 Å². The minimum Gasteiger partial charge on any atom is -0.346 e. The summed E-state index contributed by atoms with van der Waals surface area (Å²) in [6.07, 6.45) is 3.02. The van der Waals surface area contributed by atoms with Gasteiger partial charge >= 0.3 is 0 Å². The standard InChI is InChI=1S/C12H13BrO2/c13-10-2-3-11-9(8-10)4-5-12(11)14-6-1-7-15-12/h2-3,8H,1,4-7H2. The molecular weight excluding hydrogens is 256 g/mol. The molecule has 80 valence electrons. The second-order valence-electron chi connectivity index (χ2n) is 4.10. The van der Waals surface area contributed by atoms with Gasteiger partial charge in [-0.05, 0) is 30.5 Å². The topological polar surface area (TPSA) is 18.5 Å². The van der Waals surface area contributed by atoms with E-state index in [9.17, 15) is 0 Å². The van der Waals surface area contributed by atoms with Crippen LogP contribution in [0.2, 0.25) is 0 Å². The van der Waals surface area contributed by atoms with Crippen molar-refractivity contribution in [3.05, 3.63) is 33.8 Å². The summed E-state index contributed by atoms with van der Waals surface area (Å²) in [5, 5.41) is 0. The normalized spacial score (nSPS) is 23.0. The number of aryl methyl sites for hydroxylation is 1. The van der Waals surface area contributed by atoms with Crippen LogP contribution in [0, 0.1) is 0 Å². The summed E-state index contributed by atoms with van der Waals surface area (Å²) in [6, 6.07) is 6.36. The molecule has 0 radical (unpaired) electrons. The van der Waals surface area contributed by atoms with Gasteiger partial charge in [-0.25, -0.2) is 0 Å². The number of benzene rings is 1. The van der Waals surface area contributed by atoms with Crippen LogP contribution in [0.5, 0.6) is 0 Å². The van der Waals surface area contributed by atoms with Crippen molar-refractivity contribution in [2.24, 2.45) is 0 Å². The van der Waals surface area contributed by atoms with Crippen molar-refractivity contribution in [2.45, 2.75) is 25.0 Å². The zero-order valence-electron chi connectivity index (χ0n) is 8.46. The molecule has 1 heterocycles. The number of rotatable bonds is 0. The average Bonchev–Trinajstić information content (AvgIpc) is 2.58. The molecule has 1 aliphatic heterocycles. The molecule has 1 saturated heterocycles. The summed E-state index contributed by atoms with van der Waals surface area (Å²) in [5.41, 5.74) is 2.58. The SMILES string of the molecule is Brc1ccc2c(c1)CCC21OCCCO1. The first-order valence-electron chi connectivity index (χ1n) is 5.37. The van der Waals surface area contributed by atoms with E-state index in [0.717, 1.165) is 36.9 Å². The third-order valence-corrected chi connectivity index (χ3v) is 3.65. The van der Waals surface area contributed by atoms with Crippen LogP contribution < -0.4 is 0 Å². The van der Waals surface area contributed by atoms with Crippen molar-refractivity contribution in [2.75, 3.05) is 13.2 Å².